The van der Waals surface area contributed by atoms with Gasteiger partial charge in [0.05, 0.1) is 6.54 Å². The van der Waals surface area contributed by atoms with Crippen molar-refractivity contribution in [2.45, 2.75) is 25.7 Å². The summed E-state index contributed by atoms with van der Waals surface area (Å²) >= 11 is 0. The molecule has 0 spiro atoms. The van der Waals surface area contributed by atoms with E-state index in [0.29, 0.717) is 0 Å². The number of hydrogen-bond acceptors (Lipinski definition) is 2. The zero-order valence-electron chi connectivity index (χ0n) is 10.5. The maximum Gasteiger partial charge on any atom is 0.405 e. The number of amides is 1. The van der Waals surface area contributed by atoms with Gasteiger partial charge in [0.2, 0.25) is 5.91 Å². The van der Waals surface area contributed by atoms with Crippen LogP contribution in [-0.4, -0.2) is 36.1 Å². The van der Waals surface area contributed by atoms with Gasteiger partial charge < -0.3 is 5.32 Å². The maximum atomic E-state index is 12.9. The van der Waals surface area contributed by atoms with E-state index in [9.17, 15) is 18.0 Å². The molecule has 1 N–H and O–H groups in total. The SMILES string of the molecule is Cc1cccc(CN2CC(=O)NCC2C(F)(F)F)c1. The van der Waals surface area contributed by atoms with Crippen LogP contribution in [0.3, 0.4) is 0 Å². The van der Waals surface area contributed by atoms with E-state index < -0.39 is 12.2 Å². The van der Waals surface area contributed by atoms with Gasteiger partial charge in [-0.25, -0.2) is 0 Å². The second kappa shape index (κ2) is 5.21. The van der Waals surface area contributed by atoms with Crippen molar-refractivity contribution < 1.29 is 18.0 Å². The number of hydrogen-bond donors (Lipinski definition) is 1. The number of halogens is 3. The van der Waals surface area contributed by atoms with Crippen LogP contribution in [0, 0.1) is 6.92 Å². The number of rotatable bonds is 2. The summed E-state index contributed by atoms with van der Waals surface area (Å²) in [5.41, 5.74) is 1.77. The van der Waals surface area contributed by atoms with Crippen molar-refractivity contribution in [2.75, 3.05) is 13.1 Å². The first-order valence-corrected chi connectivity index (χ1v) is 5.99. The van der Waals surface area contributed by atoms with Gasteiger partial charge in [-0.3, -0.25) is 9.69 Å². The smallest absolute Gasteiger partial charge is 0.353 e. The van der Waals surface area contributed by atoms with E-state index in [1.165, 1.54) is 4.90 Å². The van der Waals surface area contributed by atoms with Crippen molar-refractivity contribution in [3.05, 3.63) is 35.4 Å². The lowest BCUT2D eigenvalue weighted by Gasteiger charge is -2.36. The van der Waals surface area contributed by atoms with E-state index in [1.54, 1.807) is 12.1 Å². The molecule has 104 valence electrons. The zero-order chi connectivity index (χ0) is 14.0. The molecule has 1 saturated heterocycles. The normalized spacial score (nSPS) is 21.3. The highest BCUT2D eigenvalue weighted by atomic mass is 19.4. The van der Waals surface area contributed by atoms with Gasteiger partial charge in [0.1, 0.15) is 6.04 Å². The van der Waals surface area contributed by atoms with Gasteiger partial charge in [-0.05, 0) is 12.5 Å². The molecule has 0 aromatic heterocycles. The van der Waals surface area contributed by atoms with Crippen LogP contribution in [0.5, 0.6) is 0 Å². The van der Waals surface area contributed by atoms with E-state index in [-0.39, 0.29) is 25.5 Å². The Morgan fingerprint density at radius 3 is 2.79 bits per heavy atom. The minimum Gasteiger partial charge on any atom is -0.353 e. The summed E-state index contributed by atoms with van der Waals surface area (Å²) < 4.78 is 38.7. The Bertz CT molecular complexity index is 473. The van der Waals surface area contributed by atoms with E-state index in [2.05, 4.69) is 5.32 Å². The lowest BCUT2D eigenvalue weighted by molar-refractivity contribution is -0.190. The molecule has 3 nitrogen and oxygen atoms in total. The fourth-order valence-corrected chi connectivity index (χ4v) is 2.22. The summed E-state index contributed by atoms with van der Waals surface area (Å²) in [4.78, 5) is 12.5. The van der Waals surface area contributed by atoms with Crippen LogP contribution < -0.4 is 5.32 Å². The Balaban J connectivity index is 2.16. The minimum absolute atomic E-state index is 0.124. The van der Waals surface area contributed by atoms with Crippen molar-refractivity contribution in [3.63, 3.8) is 0 Å². The standard InChI is InChI=1S/C13H15F3N2O/c1-9-3-2-4-10(5-9)7-18-8-12(19)17-6-11(18)13(14,15)16/h2-5,11H,6-8H2,1H3,(H,17,19). The molecule has 1 heterocycles. The van der Waals surface area contributed by atoms with Crippen LogP contribution in [0.4, 0.5) is 13.2 Å². The largest absolute Gasteiger partial charge is 0.405 e. The Kier molecular flexibility index (Phi) is 3.80. The number of benzene rings is 1. The van der Waals surface area contributed by atoms with Crippen molar-refractivity contribution in [1.29, 1.82) is 0 Å². The highest BCUT2D eigenvalue weighted by Crippen LogP contribution is 2.27. The molecule has 1 aromatic carbocycles. The Hall–Kier alpha value is -1.56. The second-order valence-corrected chi connectivity index (χ2v) is 4.76. The van der Waals surface area contributed by atoms with Gasteiger partial charge in [-0.15, -0.1) is 0 Å². The predicted octanol–water partition coefficient (Wildman–Crippen LogP) is 1.86. The third-order valence-corrected chi connectivity index (χ3v) is 3.13. The Labute approximate surface area is 109 Å². The third kappa shape index (κ3) is 3.47. The van der Waals surface area contributed by atoms with Gasteiger partial charge in [0.15, 0.2) is 0 Å². The third-order valence-electron chi connectivity index (χ3n) is 3.13. The van der Waals surface area contributed by atoms with Crippen LogP contribution in [0.2, 0.25) is 0 Å². The summed E-state index contributed by atoms with van der Waals surface area (Å²) in [6, 6.07) is 5.67. The number of piperazine rings is 1. The van der Waals surface area contributed by atoms with Crippen molar-refractivity contribution >= 4 is 5.91 Å². The second-order valence-electron chi connectivity index (χ2n) is 4.76. The fourth-order valence-electron chi connectivity index (χ4n) is 2.22. The molecule has 1 fully saturated rings. The zero-order valence-corrected chi connectivity index (χ0v) is 10.5. The van der Waals surface area contributed by atoms with E-state index >= 15 is 0 Å². The number of carbonyl (C=O) groups excluding carboxylic acids is 1. The number of carbonyl (C=O) groups is 1. The topological polar surface area (TPSA) is 32.3 Å². The summed E-state index contributed by atoms with van der Waals surface area (Å²) in [5.74, 6) is -0.367. The van der Waals surface area contributed by atoms with Gasteiger partial charge in [-0.2, -0.15) is 13.2 Å². The van der Waals surface area contributed by atoms with Gasteiger partial charge in [-0.1, -0.05) is 29.8 Å². The molecule has 1 unspecified atom stereocenters. The molecular weight excluding hydrogens is 257 g/mol. The molecule has 1 aromatic rings. The summed E-state index contributed by atoms with van der Waals surface area (Å²) in [6.45, 7) is 1.40. The lowest BCUT2D eigenvalue weighted by Crippen LogP contribution is -2.59. The molecule has 1 aliphatic rings. The molecule has 1 atom stereocenters. The molecule has 0 aliphatic carbocycles. The van der Waals surface area contributed by atoms with Crippen molar-refractivity contribution in [2.24, 2.45) is 0 Å². The quantitative estimate of drug-likeness (QED) is 0.891. The average molecular weight is 272 g/mol. The molecule has 0 radical (unpaired) electrons. The Morgan fingerprint density at radius 1 is 1.42 bits per heavy atom. The lowest BCUT2D eigenvalue weighted by atomic mass is 10.1. The summed E-state index contributed by atoms with van der Waals surface area (Å²) in [5, 5.41) is 2.27. The highest BCUT2D eigenvalue weighted by Gasteiger charge is 2.46. The van der Waals surface area contributed by atoms with Crippen LogP contribution in [0.1, 0.15) is 11.1 Å². The monoisotopic (exact) mass is 272 g/mol. The number of nitrogens with zero attached hydrogens (tertiary/aromatic N) is 1. The molecule has 2 rings (SSSR count). The molecule has 6 heteroatoms. The first-order chi connectivity index (χ1) is 8.86. The highest BCUT2D eigenvalue weighted by molar-refractivity contribution is 5.78. The Morgan fingerprint density at radius 2 is 2.16 bits per heavy atom. The number of aryl methyl sites for hydroxylation is 1. The molecule has 1 aliphatic heterocycles. The fraction of sp³-hybridized carbons (Fsp3) is 0.462. The van der Waals surface area contributed by atoms with Gasteiger partial charge >= 0.3 is 6.18 Å². The number of nitrogens with one attached hydrogen (secondary N) is 1. The van der Waals surface area contributed by atoms with Crippen LogP contribution in [0.25, 0.3) is 0 Å². The molecule has 0 bridgehead atoms. The molecule has 19 heavy (non-hydrogen) atoms. The average Bonchev–Trinajstić information content (AvgIpc) is 2.27. The first kappa shape index (κ1) is 13.9. The van der Waals surface area contributed by atoms with Crippen LogP contribution in [-0.2, 0) is 11.3 Å². The molecule has 1 amide bonds. The van der Waals surface area contributed by atoms with Gasteiger partial charge in [0, 0.05) is 13.1 Å². The molecular formula is C13H15F3N2O. The number of alkyl halides is 3. The molecule has 0 saturated carbocycles. The minimum atomic E-state index is -4.34. The van der Waals surface area contributed by atoms with Crippen LogP contribution in [0.15, 0.2) is 24.3 Å². The van der Waals surface area contributed by atoms with E-state index in [1.807, 2.05) is 19.1 Å². The van der Waals surface area contributed by atoms with Crippen LogP contribution >= 0.6 is 0 Å². The maximum absolute atomic E-state index is 12.9. The van der Waals surface area contributed by atoms with Gasteiger partial charge in [0.25, 0.3) is 0 Å². The van der Waals surface area contributed by atoms with Crippen molar-refractivity contribution in [1.82, 2.24) is 10.2 Å². The first-order valence-electron chi connectivity index (χ1n) is 5.99. The van der Waals surface area contributed by atoms with E-state index in [4.69, 9.17) is 0 Å². The van der Waals surface area contributed by atoms with E-state index in [0.717, 1.165) is 11.1 Å². The summed E-state index contributed by atoms with van der Waals surface area (Å²) in [6.07, 6.45) is -4.34. The summed E-state index contributed by atoms with van der Waals surface area (Å²) in [7, 11) is 0. The van der Waals surface area contributed by atoms with Crippen molar-refractivity contribution in [3.8, 4) is 0 Å². The predicted molar refractivity (Wildman–Crippen MR) is 64.4 cm³/mol.